The van der Waals surface area contributed by atoms with Gasteiger partial charge in [-0.1, -0.05) is 12.1 Å². The first-order valence-corrected chi connectivity index (χ1v) is 8.62. The first kappa shape index (κ1) is 17.3. The molecule has 0 radical (unpaired) electrons. The Hall–Kier alpha value is -2.57. The van der Waals surface area contributed by atoms with Gasteiger partial charge >= 0.3 is 12.0 Å². The third kappa shape index (κ3) is 4.29. The van der Waals surface area contributed by atoms with Gasteiger partial charge in [0.1, 0.15) is 5.52 Å². The fourth-order valence-electron chi connectivity index (χ4n) is 3.04. The lowest BCUT2D eigenvalue weighted by Crippen LogP contribution is -2.44. The minimum Gasteiger partial charge on any atom is -0.469 e. The summed E-state index contributed by atoms with van der Waals surface area (Å²) in [4.78, 5) is 29.6. The number of hydrogen-bond donors (Lipinski definition) is 1. The number of amides is 2. The summed E-state index contributed by atoms with van der Waals surface area (Å²) in [5.41, 5.74) is 1.69. The predicted molar refractivity (Wildman–Crippen MR) is 92.2 cm³/mol. The second-order valence-corrected chi connectivity index (χ2v) is 6.19. The first-order valence-electron chi connectivity index (χ1n) is 8.62. The van der Waals surface area contributed by atoms with Crippen molar-refractivity contribution in [2.45, 2.75) is 31.6 Å². The van der Waals surface area contributed by atoms with Gasteiger partial charge in [-0.3, -0.25) is 4.79 Å². The summed E-state index contributed by atoms with van der Waals surface area (Å²) in [7, 11) is 1.36. The summed E-state index contributed by atoms with van der Waals surface area (Å²) in [6, 6.07) is 7.66. The van der Waals surface area contributed by atoms with Crippen LogP contribution in [0.1, 0.15) is 37.5 Å². The molecule has 1 aliphatic heterocycles. The molecule has 7 heteroatoms. The SMILES string of the molecule is COC(=O)CCCNC(=O)N1CCC(c2nc3ccccc3o2)CC1. The van der Waals surface area contributed by atoms with Crippen LogP contribution in [0.25, 0.3) is 11.1 Å². The summed E-state index contributed by atoms with van der Waals surface area (Å²) in [5, 5.41) is 2.85. The highest BCUT2D eigenvalue weighted by Crippen LogP contribution is 2.29. The number of hydrogen-bond acceptors (Lipinski definition) is 5. The Balaban J connectivity index is 1.45. The summed E-state index contributed by atoms with van der Waals surface area (Å²) in [6.45, 7) is 1.82. The van der Waals surface area contributed by atoms with E-state index in [2.05, 4.69) is 15.0 Å². The largest absolute Gasteiger partial charge is 0.469 e. The Morgan fingerprint density at radius 3 is 2.80 bits per heavy atom. The topological polar surface area (TPSA) is 84.7 Å². The molecule has 1 aromatic heterocycles. The summed E-state index contributed by atoms with van der Waals surface area (Å²) >= 11 is 0. The van der Waals surface area contributed by atoms with E-state index in [-0.39, 0.29) is 17.9 Å². The number of nitrogens with zero attached hydrogens (tertiary/aromatic N) is 2. The normalized spacial score (nSPS) is 15.3. The number of fused-ring (bicyclic) bond motifs is 1. The van der Waals surface area contributed by atoms with Gasteiger partial charge in [-0.05, 0) is 31.4 Å². The van der Waals surface area contributed by atoms with Crippen molar-refractivity contribution < 1.29 is 18.7 Å². The summed E-state index contributed by atoms with van der Waals surface area (Å²) in [6.07, 6.45) is 2.57. The third-order valence-corrected chi connectivity index (χ3v) is 4.50. The number of benzene rings is 1. The van der Waals surface area contributed by atoms with Crippen LogP contribution in [-0.2, 0) is 9.53 Å². The maximum absolute atomic E-state index is 12.2. The maximum atomic E-state index is 12.2. The van der Waals surface area contributed by atoms with E-state index in [9.17, 15) is 9.59 Å². The Labute approximate surface area is 146 Å². The average Bonchev–Trinajstić information content (AvgIpc) is 3.09. The van der Waals surface area contributed by atoms with E-state index < -0.39 is 0 Å². The van der Waals surface area contributed by atoms with E-state index in [1.807, 2.05) is 24.3 Å². The monoisotopic (exact) mass is 345 g/mol. The number of para-hydroxylation sites is 2. The number of esters is 1. The number of aromatic nitrogens is 1. The minimum absolute atomic E-state index is 0.0825. The van der Waals surface area contributed by atoms with E-state index in [0.717, 1.165) is 29.8 Å². The van der Waals surface area contributed by atoms with Crippen molar-refractivity contribution in [3.05, 3.63) is 30.2 Å². The van der Waals surface area contributed by atoms with Crippen molar-refractivity contribution in [1.82, 2.24) is 15.2 Å². The highest BCUT2D eigenvalue weighted by Gasteiger charge is 2.26. The van der Waals surface area contributed by atoms with Gasteiger partial charge in [0.05, 0.1) is 7.11 Å². The lowest BCUT2D eigenvalue weighted by atomic mass is 9.97. The Morgan fingerprint density at radius 1 is 1.32 bits per heavy atom. The van der Waals surface area contributed by atoms with Crippen LogP contribution in [0.2, 0.25) is 0 Å². The fraction of sp³-hybridized carbons (Fsp3) is 0.500. The van der Waals surface area contributed by atoms with Crippen molar-refractivity contribution in [3.63, 3.8) is 0 Å². The predicted octanol–water partition coefficient (Wildman–Crippen LogP) is 2.67. The number of urea groups is 1. The molecule has 2 amide bonds. The lowest BCUT2D eigenvalue weighted by Gasteiger charge is -2.30. The number of piperidine rings is 1. The number of ether oxygens (including phenoxy) is 1. The van der Waals surface area contributed by atoms with Crippen LogP contribution in [0.5, 0.6) is 0 Å². The minimum atomic E-state index is -0.256. The zero-order chi connectivity index (χ0) is 17.6. The van der Waals surface area contributed by atoms with E-state index in [4.69, 9.17) is 4.42 Å². The second-order valence-electron chi connectivity index (χ2n) is 6.19. The molecule has 3 rings (SSSR count). The van der Waals surface area contributed by atoms with Gasteiger partial charge in [0.2, 0.25) is 0 Å². The van der Waals surface area contributed by atoms with Gasteiger partial charge in [0, 0.05) is 32.0 Å². The average molecular weight is 345 g/mol. The molecule has 1 fully saturated rings. The molecule has 2 aromatic rings. The number of likely N-dealkylation sites (tertiary alicyclic amines) is 1. The molecule has 1 saturated heterocycles. The zero-order valence-electron chi connectivity index (χ0n) is 14.4. The molecule has 0 aliphatic carbocycles. The molecule has 1 aromatic carbocycles. The molecule has 25 heavy (non-hydrogen) atoms. The Morgan fingerprint density at radius 2 is 2.08 bits per heavy atom. The second kappa shape index (κ2) is 8.00. The van der Waals surface area contributed by atoms with E-state index in [0.29, 0.717) is 32.5 Å². The standard InChI is InChI=1S/C18H23N3O4/c1-24-16(22)7-4-10-19-18(23)21-11-8-13(9-12-21)17-20-14-5-2-3-6-15(14)25-17/h2-3,5-6,13H,4,7-12H2,1H3,(H,19,23). The number of carbonyl (C=O) groups excluding carboxylic acids is 2. The van der Waals surface area contributed by atoms with Crippen LogP contribution < -0.4 is 5.32 Å². The van der Waals surface area contributed by atoms with Crippen molar-refractivity contribution in [1.29, 1.82) is 0 Å². The lowest BCUT2D eigenvalue weighted by molar-refractivity contribution is -0.140. The number of carbonyl (C=O) groups is 2. The van der Waals surface area contributed by atoms with Crippen LogP contribution in [-0.4, -0.2) is 48.6 Å². The van der Waals surface area contributed by atoms with E-state index in [1.54, 1.807) is 4.90 Å². The molecule has 134 valence electrons. The summed E-state index contributed by atoms with van der Waals surface area (Å²) < 4.78 is 10.4. The molecule has 2 heterocycles. The van der Waals surface area contributed by atoms with Gasteiger partial charge in [0.25, 0.3) is 0 Å². The molecule has 1 aliphatic rings. The van der Waals surface area contributed by atoms with Gasteiger partial charge in [-0.2, -0.15) is 0 Å². The van der Waals surface area contributed by atoms with Gasteiger partial charge < -0.3 is 19.4 Å². The van der Waals surface area contributed by atoms with Crippen molar-refractivity contribution >= 4 is 23.1 Å². The first-order chi connectivity index (χ1) is 12.2. The molecule has 0 atom stereocenters. The van der Waals surface area contributed by atoms with Crippen LogP contribution in [0.3, 0.4) is 0 Å². The van der Waals surface area contributed by atoms with Crippen molar-refractivity contribution in [3.8, 4) is 0 Å². The van der Waals surface area contributed by atoms with E-state index in [1.165, 1.54) is 7.11 Å². The smallest absolute Gasteiger partial charge is 0.317 e. The van der Waals surface area contributed by atoms with Crippen molar-refractivity contribution in [2.75, 3.05) is 26.7 Å². The van der Waals surface area contributed by atoms with Gasteiger partial charge in [-0.25, -0.2) is 9.78 Å². The number of nitrogens with one attached hydrogen (secondary N) is 1. The molecular weight excluding hydrogens is 322 g/mol. The quantitative estimate of drug-likeness (QED) is 0.665. The molecule has 0 unspecified atom stereocenters. The van der Waals surface area contributed by atoms with Crippen molar-refractivity contribution in [2.24, 2.45) is 0 Å². The molecule has 0 bridgehead atoms. The molecule has 1 N–H and O–H groups in total. The molecule has 0 saturated carbocycles. The van der Waals surface area contributed by atoms with Crippen LogP contribution in [0.4, 0.5) is 4.79 Å². The number of oxazole rings is 1. The van der Waals surface area contributed by atoms with Crippen LogP contribution in [0.15, 0.2) is 28.7 Å². The maximum Gasteiger partial charge on any atom is 0.317 e. The zero-order valence-corrected chi connectivity index (χ0v) is 14.4. The van der Waals surface area contributed by atoms with Gasteiger partial charge in [0.15, 0.2) is 11.5 Å². The Bertz CT molecular complexity index is 702. The highest BCUT2D eigenvalue weighted by atomic mass is 16.5. The van der Waals surface area contributed by atoms with Crippen LogP contribution in [0, 0.1) is 0 Å². The molecular formula is C18H23N3O4. The van der Waals surface area contributed by atoms with Gasteiger partial charge in [-0.15, -0.1) is 0 Å². The molecule has 7 nitrogen and oxygen atoms in total. The number of methoxy groups -OCH3 is 1. The molecule has 0 spiro atoms. The van der Waals surface area contributed by atoms with Crippen LogP contribution >= 0.6 is 0 Å². The highest BCUT2D eigenvalue weighted by molar-refractivity contribution is 5.74. The van der Waals surface area contributed by atoms with E-state index >= 15 is 0 Å². The summed E-state index contributed by atoms with van der Waals surface area (Å²) in [5.74, 6) is 0.753. The number of rotatable bonds is 5. The Kier molecular flexibility index (Phi) is 5.53. The fourth-order valence-corrected chi connectivity index (χ4v) is 3.04. The third-order valence-electron chi connectivity index (χ3n) is 4.50.